The van der Waals surface area contributed by atoms with Crippen LogP contribution in [0.3, 0.4) is 0 Å². The number of nitrogens with zero attached hydrogens (tertiary/aromatic N) is 3. The van der Waals surface area contributed by atoms with Gasteiger partial charge in [0.25, 0.3) is 0 Å². The Labute approximate surface area is 170 Å². The summed E-state index contributed by atoms with van der Waals surface area (Å²) >= 11 is 7.38. The summed E-state index contributed by atoms with van der Waals surface area (Å²) in [6.45, 7) is 6.85. The summed E-state index contributed by atoms with van der Waals surface area (Å²) < 4.78 is 4.50. The first-order valence-electron chi connectivity index (χ1n) is 9.61. The van der Waals surface area contributed by atoms with Crippen LogP contribution in [0, 0.1) is 11.8 Å². The lowest BCUT2D eigenvalue weighted by Gasteiger charge is -2.30. The van der Waals surface area contributed by atoms with E-state index in [1.165, 1.54) is 11.5 Å². The van der Waals surface area contributed by atoms with Gasteiger partial charge < -0.3 is 10.2 Å². The van der Waals surface area contributed by atoms with Crippen LogP contribution in [0.25, 0.3) is 0 Å². The molecule has 1 saturated heterocycles. The van der Waals surface area contributed by atoms with Crippen LogP contribution in [-0.2, 0) is 11.2 Å². The molecule has 1 amide bonds. The Morgan fingerprint density at radius 1 is 1.30 bits per heavy atom. The van der Waals surface area contributed by atoms with Crippen molar-refractivity contribution in [1.82, 2.24) is 14.7 Å². The summed E-state index contributed by atoms with van der Waals surface area (Å²) in [5, 5.41) is 4.78. The van der Waals surface area contributed by atoms with E-state index in [0.29, 0.717) is 12.3 Å². The van der Waals surface area contributed by atoms with E-state index < -0.39 is 0 Å². The van der Waals surface area contributed by atoms with Gasteiger partial charge in [-0.1, -0.05) is 37.6 Å². The minimum Gasteiger partial charge on any atom is -0.356 e. The molecule has 1 aliphatic rings. The highest BCUT2D eigenvalue weighted by Crippen LogP contribution is 2.25. The molecule has 0 saturated carbocycles. The van der Waals surface area contributed by atoms with Gasteiger partial charge in [0.15, 0.2) is 0 Å². The molecule has 1 aromatic carbocycles. The van der Waals surface area contributed by atoms with Gasteiger partial charge in [0.05, 0.1) is 0 Å². The Morgan fingerprint density at radius 3 is 2.67 bits per heavy atom. The van der Waals surface area contributed by atoms with Crippen molar-refractivity contribution in [2.75, 3.05) is 24.5 Å². The Kier molecular flexibility index (Phi) is 7.07. The maximum atomic E-state index is 12.3. The zero-order valence-electron chi connectivity index (χ0n) is 15.9. The maximum absolute atomic E-state index is 12.3. The smallest absolute Gasteiger partial charge is 0.223 e. The number of hydrogen-bond acceptors (Lipinski definition) is 5. The molecule has 0 aliphatic carbocycles. The van der Waals surface area contributed by atoms with Crippen LogP contribution in [0.1, 0.15) is 44.5 Å². The van der Waals surface area contributed by atoms with Crippen LogP contribution in [0.2, 0.25) is 5.02 Å². The molecule has 0 spiro atoms. The van der Waals surface area contributed by atoms with Gasteiger partial charge in [-0.2, -0.15) is 4.37 Å². The fourth-order valence-corrected chi connectivity index (χ4v) is 4.05. The number of carbonyl (C=O) groups is 1. The fraction of sp³-hybridized carbons (Fsp3) is 0.550. The number of anilines is 1. The van der Waals surface area contributed by atoms with Crippen molar-refractivity contribution in [3.8, 4) is 0 Å². The highest BCUT2D eigenvalue weighted by molar-refractivity contribution is 7.09. The Morgan fingerprint density at radius 2 is 2.00 bits per heavy atom. The molecular weight excluding hydrogens is 380 g/mol. The molecule has 3 rings (SSSR count). The number of benzene rings is 1. The maximum Gasteiger partial charge on any atom is 0.223 e. The minimum atomic E-state index is 0.120. The van der Waals surface area contributed by atoms with Crippen molar-refractivity contribution >= 4 is 34.2 Å². The van der Waals surface area contributed by atoms with Crippen molar-refractivity contribution in [2.45, 2.75) is 39.5 Å². The van der Waals surface area contributed by atoms with Crippen molar-refractivity contribution in [3.05, 3.63) is 40.7 Å². The van der Waals surface area contributed by atoms with E-state index in [2.05, 4.69) is 28.4 Å². The molecule has 7 heteroatoms. The zero-order valence-corrected chi connectivity index (χ0v) is 17.5. The normalized spacial score (nSPS) is 15.3. The van der Waals surface area contributed by atoms with E-state index in [9.17, 15) is 4.79 Å². The number of rotatable bonds is 7. The molecule has 146 valence electrons. The third kappa shape index (κ3) is 5.91. The summed E-state index contributed by atoms with van der Waals surface area (Å²) in [5.74, 6) is 1.78. The van der Waals surface area contributed by atoms with Crippen LogP contribution < -0.4 is 10.2 Å². The van der Waals surface area contributed by atoms with E-state index in [1.54, 1.807) is 0 Å². The molecule has 2 heterocycles. The van der Waals surface area contributed by atoms with Crippen molar-refractivity contribution in [1.29, 1.82) is 0 Å². The lowest BCUT2D eigenvalue weighted by molar-refractivity contribution is -0.125. The third-order valence-electron chi connectivity index (χ3n) is 4.89. The van der Waals surface area contributed by atoms with E-state index >= 15 is 0 Å². The Bertz CT molecular complexity index is 739. The van der Waals surface area contributed by atoms with Crippen LogP contribution in [0.15, 0.2) is 24.3 Å². The van der Waals surface area contributed by atoms with Gasteiger partial charge in [-0.05, 0) is 42.9 Å². The fourth-order valence-electron chi connectivity index (χ4n) is 3.19. The number of hydrogen-bond donors (Lipinski definition) is 1. The number of aromatic nitrogens is 2. The van der Waals surface area contributed by atoms with Crippen LogP contribution in [0.4, 0.5) is 5.13 Å². The van der Waals surface area contributed by atoms with Gasteiger partial charge in [-0.15, -0.1) is 0 Å². The lowest BCUT2D eigenvalue weighted by atomic mass is 9.96. The molecule has 1 aromatic heterocycles. The largest absolute Gasteiger partial charge is 0.356 e. The molecule has 0 bridgehead atoms. The molecule has 1 N–H and O–H groups in total. The standard InChI is InChI=1S/C20H27ClN4OS/c1-14(2)7-10-22-19(26)16-8-11-25(12-9-16)20-23-18(24-27-20)13-15-3-5-17(21)6-4-15/h3-6,14,16H,7-13H2,1-2H3,(H,22,26). The first-order valence-corrected chi connectivity index (χ1v) is 10.8. The number of halogens is 1. The second-order valence-electron chi connectivity index (χ2n) is 7.53. The molecule has 0 radical (unpaired) electrons. The van der Waals surface area contributed by atoms with Gasteiger partial charge in [-0.25, -0.2) is 4.98 Å². The molecular formula is C20H27ClN4OS. The van der Waals surface area contributed by atoms with Gasteiger partial charge in [0.1, 0.15) is 5.82 Å². The Balaban J connectivity index is 1.47. The molecule has 2 aromatic rings. The second kappa shape index (κ2) is 9.51. The summed E-state index contributed by atoms with van der Waals surface area (Å²) in [5.41, 5.74) is 1.15. The van der Waals surface area contributed by atoms with Crippen molar-refractivity contribution in [2.24, 2.45) is 11.8 Å². The first-order chi connectivity index (χ1) is 13.0. The number of amides is 1. The predicted molar refractivity (Wildman–Crippen MR) is 112 cm³/mol. The Hall–Kier alpha value is -1.66. The summed E-state index contributed by atoms with van der Waals surface area (Å²) in [6.07, 6.45) is 3.49. The molecule has 5 nitrogen and oxygen atoms in total. The third-order valence-corrected chi connectivity index (χ3v) is 5.96. The lowest BCUT2D eigenvalue weighted by Crippen LogP contribution is -2.41. The molecule has 0 unspecified atom stereocenters. The highest BCUT2D eigenvalue weighted by Gasteiger charge is 2.26. The monoisotopic (exact) mass is 406 g/mol. The van der Waals surface area contributed by atoms with Gasteiger partial charge in [0.2, 0.25) is 11.0 Å². The summed E-state index contributed by atoms with van der Waals surface area (Å²) in [6, 6.07) is 7.79. The molecule has 27 heavy (non-hydrogen) atoms. The van der Waals surface area contributed by atoms with Crippen molar-refractivity contribution < 1.29 is 4.79 Å². The second-order valence-corrected chi connectivity index (χ2v) is 8.70. The molecule has 1 aliphatic heterocycles. The summed E-state index contributed by atoms with van der Waals surface area (Å²) in [4.78, 5) is 19.2. The van der Waals surface area contributed by atoms with Gasteiger partial charge in [0, 0.05) is 48.5 Å². The predicted octanol–water partition coefficient (Wildman–Crippen LogP) is 4.16. The van der Waals surface area contributed by atoms with Crippen LogP contribution in [-0.4, -0.2) is 34.9 Å². The molecule has 1 fully saturated rings. The SMILES string of the molecule is CC(C)CCNC(=O)C1CCN(c2nc(Cc3ccc(Cl)cc3)ns2)CC1. The van der Waals surface area contributed by atoms with Crippen LogP contribution >= 0.6 is 23.1 Å². The van der Waals surface area contributed by atoms with Gasteiger partial charge >= 0.3 is 0 Å². The van der Waals surface area contributed by atoms with E-state index in [4.69, 9.17) is 16.6 Å². The van der Waals surface area contributed by atoms with Crippen molar-refractivity contribution in [3.63, 3.8) is 0 Å². The van der Waals surface area contributed by atoms with E-state index in [1.807, 2.05) is 24.3 Å². The number of nitrogens with one attached hydrogen (secondary N) is 1. The average molecular weight is 407 g/mol. The van der Waals surface area contributed by atoms with E-state index in [0.717, 1.165) is 60.4 Å². The average Bonchev–Trinajstić information content (AvgIpc) is 3.12. The highest BCUT2D eigenvalue weighted by atomic mass is 35.5. The topological polar surface area (TPSA) is 58.1 Å². The number of carbonyl (C=O) groups excluding carboxylic acids is 1. The minimum absolute atomic E-state index is 0.120. The first kappa shape index (κ1) is 20.1. The zero-order chi connectivity index (χ0) is 19.2. The molecule has 0 atom stereocenters. The van der Waals surface area contributed by atoms with Crippen LogP contribution in [0.5, 0.6) is 0 Å². The van der Waals surface area contributed by atoms with E-state index in [-0.39, 0.29) is 11.8 Å². The quantitative estimate of drug-likeness (QED) is 0.749. The van der Waals surface area contributed by atoms with Gasteiger partial charge in [-0.3, -0.25) is 4.79 Å². The summed E-state index contributed by atoms with van der Waals surface area (Å²) in [7, 11) is 0. The number of piperidine rings is 1.